The molecule has 9 rings (SSSR count). The number of para-hydroxylation sites is 2. The van der Waals surface area contributed by atoms with Crippen LogP contribution in [-0.2, 0) is 5.41 Å². The van der Waals surface area contributed by atoms with Crippen molar-refractivity contribution in [2.75, 3.05) is 4.90 Å². The van der Waals surface area contributed by atoms with E-state index < -0.39 is 0 Å². The normalized spacial score (nSPS) is 14.4. The van der Waals surface area contributed by atoms with Gasteiger partial charge in [-0.25, -0.2) is 0 Å². The van der Waals surface area contributed by atoms with E-state index in [1.165, 1.54) is 66.2 Å². The van der Waals surface area contributed by atoms with E-state index >= 15 is 0 Å². The molecule has 0 saturated heterocycles. The van der Waals surface area contributed by atoms with Crippen LogP contribution in [0.5, 0.6) is 0 Å². The van der Waals surface area contributed by atoms with Crippen LogP contribution in [0.2, 0.25) is 0 Å². The second-order valence-corrected chi connectivity index (χ2v) is 18.3. The SMILES string of the molecule is C=CC=c1c(=C)n(C(C)=CC(C)c2cc(C=CCC(C)=CC=CCC)cc(-c3cccc4ccccc34)c2)c2cc3c(cc12)-c1ccc(N(c2ccccc2)c2ccccc2)cc1C3(C)C. The minimum atomic E-state index is -0.246. The maximum atomic E-state index is 4.74. The van der Waals surface area contributed by atoms with E-state index in [9.17, 15) is 0 Å². The largest absolute Gasteiger partial charge is 0.314 e. The average molecular weight is 857 g/mol. The van der Waals surface area contributed by atoms with Crippen LogP contribution >= 0.6 is 0 Å². The number of allylic oxidation sites excluding steroid dienone is 8. The fourth-order valence-electron chi connectivity index (χ4n) is 10.0. The maximum Gasteiger partial charge on any atom is 0.0540 e. The van der Waals surface area contributed by atoms with Gasteiger partial charge in [-0.1, -0.05) is 192 Å². The lowest BCUT2D eigenvalue weighted by molar-refractivity contribution is 0.661. The van der Waals surface area contributed by atoms with Crippen molar-refractivity contribution in [2.45, 2.75) is 65.7 Å². The zero-order valence-electron chi connectivity index (χ0n) is 39.4. The molecule has 0 fully saturated rings. The molecule has 0 N–H and O–H groups in total. The first-order valence-corrected chi connectivity index (χ1v) is 23.4. The Morgan fingerprint density at radius 2 is 1.39 bits per heavy atom. The van der Waals surface area contributed by atoms with E-state index in [0.717, 1.165) is 51.7 Å². The van der Waals surface area contributed by atoms with E-state index in [4.69, 9.17) is 6.58 Å². The molecule has 0 radical (unpaired) electrons. The van der Waals surface area contributed by atoms with Gasteiger partial charge in [-0.15, -0.1) is 0 Å². The van der Waals surface area contributed by atoms with Crippen molar-refractivity contribution in [3.63, 3.8) is 0 Å². The summed E-state index contributed by atoms with van der Waals surface area (Å²) < 4.78 is 2.37. The van der Waals surface area contributed by atoms with E-state index in [1.54, 1.807) is 0 Å². The summed E-state index contributed by atoms with van der Waals surface area (Å²) in [4.78, 5) is 2.36. The molecule has 1 aliphatic rings. The maximum absolute atomic E-state index is 4.74. The number of nitrogens with zero attached hydrogens (tertiary/aromatic N) is 2. The molecule has 66 heavy (non-hydrogen) atoms. The first-order chi connectivity index (χ1) is 32.1. The van der Waals surface area contributed by atoms with Crippen LogP contribution in [0.15, 0.2) is 200 Å². The van der Waals surface area contributed by atoms with Gasteiger partial charge in [0.15, 0.2) is 0 Å². The molecule has 0 amide bonds. The van der Waals surface area contributed by atoms with Crippen molar-refractivity contribution in [3.8, 4) is 22.3 Å². The summed E-state index contributed by atoms with van der Waals surface area (Å²) in [6.45, 7) is 22.6. The number of fused-ring (bicyclic) bond motifs is 5. The molecular weight excluding hydrogens is 797 g/mol. The first kappa shape index (κ1) is 43.8. The molecule has 0 saturated carbocycles. The third-order valence-electron chi connectivity index (χ3n) is 13.4. The Morgan fingerprint density at radius 3 is 2.12 bits per heavy atom. The lowest BCUT2D eigenvalue weighted by Gasteiger charge is -2.28. The predicted octanol–water partition coefficient (Wildman–Crippen LogP) is 16.6. The highest BCUT2D eigenvalue weighted by Crippen LogP contribution is 2.51. The topological polar surface area (TPSA) is 8.17 Å². The fourth-order valence-corrected chi connectivity index (χ4v) is 10.0. The van der Waals surface area contributed by atoms with Crippen molar-refractivity contribution in [1.29, 1.82) is 0 Å². The van der Waals surface area contributed by atoms with E-state index in [1.807, 2.05) is 6.08 Å². The van der Waals surface area contributed by atoms with Gasteiger partial charge >= 0.3 is 0 Å². The van der Waals surface area contributed by atoms with Gasteiger partial charge in [0, 0.05) is 50.0 Å². The van der Waals surface area contributed by atoms with Gasteiger partial charge in [0.1, 0.15) is 0 Å². The zero-order valence-corrected chi connectivity index (χ0v) is 39.4. The molecule has 0 bridgehead atoms. The van der Waals surface area contributed by atoms with Crippen LogP contribution in [0.4, 0.5) is 17.1 Å². The standard InChI is InChI=1S/C64H60N2/c1-9-11-14-24-44(3)25-21-26-48-38-50(40-51(39-48)57-34-22-28-49-27-19-20-33-56(49)57)45(4)37-46(5)65-47(6)55(23-10-2)60-42-59-58-36-35-54(41-61(58)64(7,8)62(59)43-63(60)65)66(52-29-15-12-16-30-52)53-31-17-13-18-32-53/h10-24,26-43,45H,2,6,9,25H2,1,3-5,7-8H3. The number of aromatic nitrogens is 1. The minimum Gasteiger partial charge on any atom is -0.314 e. The zero-order chi connectivity index (χ0) is 46.0. The van der Waals surface area contributed by atoms with Crippen molar-refractivity contribution in [1.82, 2.24) is 4.57 Å². The van der Waals surface area contributed by atoms with Crippen molar-refractivity contribution < 1.29 is 0 Å². The molecule has 1 atom stereocenters. The number of hydrogen-bond acceptors (Lipinski definition) is 1. The predicted molar refractivity (Wildman–Crippen MR) is 288 cm³/mol. The molecule has 2 nitrogen and oxygen atoms in total. The van der Waals surface area contributed by atoms with Crippen LogP contribution < -0.4 is 15.5 Å². The summed E-state index contributed by atoms with van der Waals surface area (Å²) >= 11 is 0. The summed E-state index contributed by atoms with van der Waals surface area (Å²) in [7, 11) is 0. The van der Waals surface area contributed by atoms with Gasteiger partial charge in [-0.2, -0.15) is 0 Å². The molecule has 0 aliphatic heterocycles. The van der Waals surface area contributed by atoms with Crippen LogP contribution in [0.1, 0.15) is 82.6 Å². The summed E-state index contributed by atoms with van der Waals surface area (Å²) in [5.41, 5.74) is 17.0. The molecule has 1 unspecified atom stereocenters. The van der Waals surface area contributed by atoms with Crippen molar-refractivity contribution >= 4 is 63.2 Å². The summed E-state index contributed by atoms with van der Waals surface area (Å²) in [6.07, 6.45) is 19.5. The number of anilines is 3. The third kappa shape index (κ3) is 8.36. The van der Waals surface area contributed by atoms with Gasteiger partial charge in [0.2, 0.25) is 0 Å². The highest BCUT2D eigenvalue weighted by atomic mass is 15.1. The van der Waals surface area contributed by atoms with Gasteiger partial charge in [0.05, 0.1) is 5.52 Å². The van der Waals surface area contributed by atoms with Crippen LogP contribution in [0.25, 0.3) is 68.4 Å². The Bertz CT molecular complexity index is 3310. The molecule has 8 aromatic rings. The molecular formula is C64H60N2. The van der Waals surface area contributed by atoms with Crippen LogP contribution in [-0.4, -0.2) is 4.57 Å². The smallest absolute Gasteiger partial charge is 0.0540 e. The van der Waals surface area contributed by atoms with E-state index in [0.29, 0.717) is 0 Å². The van der Waals surface area contributed by atoms with Gasteiger partial charge in [-0.3, -0.25) is 0 Å². The molecule has 7 aromatic carbocycles. The van der Waals surface area contributed by atoms with Gasteiger partial charge in [0.25, 0.3) is 0 Å². The molecule has 326 valence electrons. The number of hydrogen-bond donors (Lipinski definition) is 0. The molecule has 1 aromatic heterocycles. The Morgan fingerprint density at radius 1 is 0.697 bits per heavy atom. The second kappa shape index (κ2) is 18.6. The Kier molecular flexibility index (Phi) is 12.3. The van der Waals surface area contributed by atoms with Gasteiger partial charge in [-0.05, 0) is 137 Å². The highest BCUT2D eigenvalue weighted by molar-refractivity contribution is 5.98. The van der Waals surface area contributed by atoms with Crippen molar-refractivity contribution in [2.24, 2.45) is 0 Å². The minimum absolute atomic E-state index is 0.113. The van der Waals surface area contributed by atoms with Crippen LogP contribution in [0.3, 0.4) is 0 Å². The molecule has 2 heteroatoms. The summed E-state index contributed by atoms with van der Waals surface area (Å²) in [5.74, 6) is 0.113. The van der Waals surface area contributed by atoms with Crippen molar-refractivity contribution in [3.05, 3.63) is 233 Å². The monoisotopic (exact) mass is 856 g/mol. The quantitative estimate of drug-likeness (QED) is 0.105. The lowest BCUT2D eigenvalue weighted by Crippen LogP contribution is -2.26. The van der Waals surface area contributed by atoms with E-state index in [-0.39, 0.29) is 11.3 Å². The van der Waals surface area contributed by atoms with Gasteiger partial charge < -0.3 is 9.47 Å². The van der Waals surface area contributed by atoms with E-state index in [2.05, 4.69) is 252 Å². The average Bonchev–Trinajstić information content (AvgIpc) is 3.73. The van der Waals surface area contributed by atoms with Crippen LogP contribution in [0, 0.1) is 0 Å². The molecule has 1 aliphatic carbocycles. The number of rotatable bonds is 13. The summed E-state index contributed by atoms with van der Waals surface area (Å²) in [5, 5.41) is 5.76. The summed E-state index contributed by atoms with van der Waals surface area (Å²) in [6, 6.07) is 55.6. The molecule has 1 heterocycles. The third-order valence-corrected chi connectivity index (χ3v) is 13.4. The lowest BCUT2D eigenvalue weighted by atomic mass is 9.82. The highest BCUT2D eigenvalue weighted by Gasteiger charge is 2.37. The Balaban J connectivity index is 1.13. The fraction of sp³-hybridized carbons (Fsp3) is 0.156. The Hall–Kier alpha value is -7.42. The Labute approximate surface area is 391 Å². The second-order valence-electron chi connectivity index (χ2n) is 18.3. The number of benzene rings is 7. The first-order valence-electron chi connectivity index (χ1n) is 23.4. The molecule has 0 spiro atoms.